The summed E-state index contributed by atoms with van der Waals surface area (Å²) in [5.41, 5.74) is 1.94. The summed E-state index contributed by atoms with van der Waals surface area (Å²) in [7, 11) is 1.66. The van der Waals surface area contributed by atoms with Crippen molar-refractivity contribution >= 4 is 34.0 Å². The van der Waals surface area contributed by atoms with Gasteiger partial charge in [0.15, 0.2) is 0 Å². The normalized spacial score (nSPS) is 11.2. The topological polar surface area (TPSA) is 27.1 Å². The van der Waals surface area contributed by atoms with E-state index in [2.05, 4.69) is 34.7 Å². The van der Waals surface area contributed by atoms with Crippen LogP contribution in [0.2, 0.25) is 0 Å². The molecule has 20 heavy (non-hydrogen) atoms. The van der Waals surface area contributed by atoms with E-state index in [1.165, 1.54) is 9.75 Å². The van der Waals surface area contributed by atoms with Crippen LogP contribution in [0.15, 0.2) is 30.3 Å². The molecule has 0 N–H and O–H groups in total. The first kappa shape index (κ1) is 13.5. The van der Waals surface area contributed by atoms with Crippen molar-refractivity contribution in [1.29, 1.82) is 0 Å². The highest BCUT2D eigenvalue weighted by atomic mass is 35.5. The number of imidazole rings is 1. The van der Waals surface area contributed by atoms with Gasteiger partial charge >= 0.3 is 0 Å². The van der Waals surface area contributed by atoms with Crippen LogP contribution in [0.5, 0.6) is 5.75 Å². The van der Waals surface area contributed by atoms with E-state index in [1.807, 2.05) is 12.1 Å². The zero-order chi connectivity index (χ0) is 14.1. The van der Waals surface area contributed by atoms with Crippen LogP contribution in [0.4, 0.5) is 0 Å². The van der Waals surface area contributed by atoms with E-state index in [9.17, 15) is 0 Å². The molecule has 5 heteroatoms. The largest absolute Gasteiger partial charge is 0.494 e. The van der Waals surface area contributed by atoms with Gasteiger partial charge in [-0.15, -0.1) is 22.9 Å². The Morgan fingerprint density at radius 2 is 2.15 bits per heavy atom. The molecule has 0 aliphatic rings. The van der Waals surface area contributed by atoms with Crippen LogP contribution in [-0.4, -0.2) is 16.7 Å². The van der Waals surface area contributed by atoms with Crippen molar-refractivity contribution in [3.63, 3.8) is 0 Å². The second kappa shape index (κ2) is 5.46. The van der Waals surface area contributed by atoms with Gasteiger partial charge in [-0.2, -0.15) is 0 Å². The Hall–Kier alpha value is -1.52. The van der Waals surface area contributed by atoms with Gasteiger partial charge < -0.3 is 9.30 Å². The molecule has 0 aliphatic carbocycles. The summed E-state index contributed by atoms with van der Waals surface area (Å²) in [4.78, 5) is 7.23. The van der Waals surface area contributed by atoms with Crippen molar-refractivity contribution in [3.8, 4) is 5.75 Å². The summed E-state index contributed by atoms with van der Waals surface area (Å²) < 4.78 is 7.54. The monoisotopic (exact) mass is 306 g/mol. The average Bonchev–Trinajstić information content (AvgIpc) is 3.03. The van der Waals surface area contributed by atoms with Crippen LogP contribution in [0.3, 0.4) is 0 Å². The lowest BCUT2D eigenvalue weighted by atomic mass is 10.3. The highest BCUT2D eigenvalue weighted by molar-refractivity contribution is 7.11. The Bertz CT molecular complexity index is 747. The van der Waals surface area contributed by atoms with Crippen LogP contribution in [0, 0.1) is 6.92 Å². The third kappa shape index (κ3) is 2.30. The Morgan fingerprint density at radius 3 is 2.80 bits per heavy atom. The molecule has 2 aromatic heterocycles. The Labute approximate surface area is 126 Å². The summed E-state index contributed by atoms with van der Waals surface area (Å²) in [5, 5.41) is 0. The molecule has 2 heterocycles. The first-order valence-corrected chi connectivity index (χ1v) is 7.71. The molecule has 0 aliphatic heterocycles. The average molecular weight is 307 g/mol. The molecule has 0 amide bonds. The SMILES string of the molecule is COc1cccc2c1nc(CCl)n2Cc1ccc(C)s1. The van der Waals surface area contributed by atoms with Gasteiger partial charge in [0, 0.05) is 9.75 Å². The fraction of sp³-hybridized carbons (Fsp3) is 0.267. The molecule has 0 saturated heterocycles. The zero-order valence-electron chi connectivity index (χ0n) is 11.4. The fourth-order valence-electron chi connectivity index (χ4n) is 2.34. The lowest BCUT2D eigenvalue weighted by Gasteiger charge is -2.06. The third-order valence-corrected chi connectivity index (χ3v) is 4.49. The number of hydrogen-bond acceptors (Lipinski definition) is 3. The predicted molar refractivity (Wildman–Crippen MR) is 84.0 cm³/mol. The van der Waals surface area contributed by atoms with Crippen molar-refractivity contribution in [3.05, 3.63) is 45.9 Å². The maximum atomic E-state index is 6.05. The van der Waals surface area contributed by atoms with E-state index in [4.69, 9.17) is 16.3 Å². The highest BCUT2D eigenvalue weighted by Gasteiger charge is 2.14. The van der Waals surface area contributed by atoms with E-state index in [-0.39, 0.29) is 0 Å². The summed E-state index contributed by atoms with van der Waals surface area (Å²) in [6, 6.07) is 10.3. The standard InChI is InChI=1S/C15H15ClN2OS/c1-10-6-7-11(20-10)9-18-12-4-3-5-13(19-2)15(12)17-14(18)8-16/h3-7H,8-9H2,1-2H3. The number of alkyl halides is 1. The number of ether oxygens (including phenoxy) is 1. The fourth-order valence-corrected chi connectivity index (χ4v) is 3.42. The number of aryl methyl sites for hydroxylation is 1. The van der Waals surface area contributed by atoms with Gasteiger partial charge in [0.25, 0.3) is 0 Å². The minimum Gasteiger partial charge on any atom is -0.494 e. The molecule has 0 atom stereocenters. The van der Waals surface area contributed by atoms with Crippen LogP contribution in [0.25, 0.3) is 11.0 Å². The number of nitrogens with zero attached hydrogens (tertiary/aromatic N) is 2. The smallest absolute Gasteiger partial charge is 0.146 e. The van der Waals surface area contributed by atoms with Crippen molar-refractivity contribution in [2.75, 3.05) is 7.11 Å². The Balaban J connectivity index is 2.13. The first-order valence-electron chi connectivity index (χ1n) is 6.36. The van der Waals surface area contributed by atoms with Gasteiger partial charge in [-0.25, -0.2) is 4.98 Å². The number of fused-ring (bicyclic) bond motifs is 1. The molecule has 3 aromatic rings. The Morgan fingerprint density at radius 1 is 1.30 bits per heavy atom. The highest BCUT2D eigenvalue weighted by Crippen LogP contribution is 2.28. The van der Waals surface area contributed by atoms with Gasteiger partial charge in [-0.3, -0.25) is 0 Å². The molecule has 0 radical (unpaired) electrons. The van der Waals surface area contributed by atoms with E-state index < -0.39 is 0 Å². The molecular formula is C15H15ClN2OS. The lowest BCUT2D eigenvalue weighted by molar-refractivity contribution is 0.419. The van der Waals surface area contributed by atoms with Crippen LogP contribution in [-0.2, 0) is 12.4 Å². The van der Waals surface area contributed by atoms with E-state index in [1.54, 1.807) is 18.4 Å². The number of benzene rings is 1. The number of para-hydroxylation sites is 1. The summed E-state index contributed by atoms with van der Waals surface area (Å²) in [6.45, 7) is 2.91. The van der Waals surface area contributed by atoms with Gasteiger partial charge in [0.2, 0.25) is 0 Å². The second-order valence-corrected chi connectivity index (χ2v) is 6.23. The molecule has 3 rings (SSSR count). The minimum absolute atomic E-state index is 0.391. The van der Waals surface area contributed by atoms with E-state index >= 15 is 0 Å². The van der Waals surface area contributed by atoms with E-state index in [0.29, 0.717) is 5.88 Å². The molecule has 0 spiro atoms. The molecule has 0 bridgehead atoms. The Kier molecular flexibility index (Phi) is 3.68. The lowest BCUT2D eigenvalue weighted by Crippen LogP contribution is -2.02. The van der Waals surface area contributed by atoms with E-state index in [0.717, 1.165) is 29.2 Å². The summed E-state index contributed by atoms with van der Waals surface area (Å²) in [6.07, 6.45) is 0. The van der Waals surface area contributed by atoms with Crippen LogP contribution >= 0.6 is 22.9 Å². The zero-order valence-corrected chi connectivity index (χ0v) is 13.0. The van der Waals surface area contributed by atoms with Gasteiger partial charge in [-0.1, -0.05) is 6.07 Å². The van der Waals surface area contributed by atoms with Crippen molar-refractivity contribution in [2.24, 2.45) is 0 Å². The molecule has 0 saturated carbocycles. The quantitative estimate of drug-likeness (QED) is 0.675. The molecule has 0 fully saturated rings. The van der Waals surface area contributed by atoms with Crippen LogP contribution < -0.4 is 4.74 Å². The number of rotatable bonds is 4. The summed E-state index contributed by atoms with van der Waals surface area (Å²) >= 11 is 7.85. The number of thiophene rings is 1. The summed E-state index contributed by atoms with van der Waals surface area (Å²) in [5.74, 6) is 2.05. The number of aromatic nitrogens is 2. The maximum absolute atomic E-state index is 6.05. The first-order chi connectivity index (χ1) is 9.72. The van der Waals surface area contributed by atoms with Gasteiger partial charge in [0.05, 0.1) is 25.1 Å². The predicted octanol–water partition coefficient (Wildman–Crippen LogP) is 4.20. The van der Waals surface area contributed by atoms with Crippen molar-refractivity contribution in [1.82, 2.24) is 9.55 Å². The third-order valence-electron chi connectivity index (χ3n) is 3.27. The molecule has 0 unspecified atom stereocenters. The molecule has 3 nitrogen and oxygen atoms in total. The van der Waals surface area contributed by atoms with Gasteiger partial charge in [-0.05, 0) is 31.2 Å². The second-order valence-electron chi connectivity index (χ2n) is 4.59. The number of hydrogen-bond donors (Lipinski definition) is 0. The van der Waals surface area contributed by atoms with Crippen molar-refractivity contribution in [2.45, 2.75) is 19.3 Å². The molecule has 104 valence electrons. The van der Waals surface area contributed by atoms with Crippen molar-refractivity contribution < 1.29 is 4.74 Å². The number of halogens is 1. The maximum Gasteiger partial charge on any atom is 0.146 e. The number of methoxy groups -OCH3 is 1. The molecule has 1 aromatic carbocycles. The minimum atomic E-state index is 0.391. The van der Waals surface area contributed by atoms with Gasteiger partial charge in [0.1, 0.15) is 17.1 Å². The van der Waals surface area contributed by atoms with Crippen LogP contribution in [0.1, 0.15) is 15.6 Å². The molecular weight excluding hydrogens is 292 g/mol.